The summed E-state index contributed by atoms with van der Waals surface area (Å²) in [5, 5.41) is 0. The monoisotopic (exact) mass is 136 g/mol. The summed E-state index contributed by atoms with van der Waals surface area (Å²) in [5.74, 6) is 2.09. The minimum atomic E-state index is 0.370. The third-order valence-corrected chi connectivity index (χ3v) is 2.80. The fourth-order valence-electron chi connectivity index (χ4n) is 2.25. The van der Waals surface area contributed by atoms with Gasteiger partial charge in [-0.05, 0) is 31.6 Å². The van der Waals surface area contributed by atoms with Gasteiger partial charge in [0.05, 0.1) is 0 Å². The first kappa shape index (κ1) is 6.14. The molecular formula is C9H12O. The quantitative estimate of drug-likeness (QED) is 0.502. The Morgan fingerprint density at radius 2 is 2.20 bits per heavy atom. The van der Waals surface area contributed by atoms with Gasteiger partial charge in [0.2, 0.25) is 0 Å². The van der Waals surface area contributed by atoms with Crippen molar-refractivity contribution in [1.29, 1.82) is 0 Å². The van der Waals surface area contributed by atoms with Crippen LogP contribution in [0.1, 0.15) is 19.8 Å². The van der Waals surface area contributed by atoms with Crippen LogP contribution in [0.4, 0.5) is 0 Å². The van der Waals surface area contributed by atoms with E-state index in [2.05, 4.69) is 12.2 Å². The van der Waals surface area contributed by atoms with E-state index < -0.39 is 0 Å². The van der Waals surface area contributed by atoms with Gasteiger partial charge in [-0.1, -0.05) is 12.2 Å². The predicted octanol–water partition coefficient (Wildman–Crippen LogP) is 1.79. The number of allylic oxidation sites excluding steroid dienone is 2. The Kier molecular flexibility index (Phi) is 1.19. The molecule has 2 rings (SSSR count). The Morgan fingerprint density at radius 1 is 1.40 bits per heavy atom. The van der Waals surface area contributed by atoms with Gasteiger partial charge < -0.3 is 0 Å². The van der Waals surface area contributed by atoms with Crippen molar-refractivity contribution in [3.05, 3.63) is 12.2 Å². The van der Waals surface area contributed by atoms with Gasteiger partial charge in [-0.3, -0.25) is 4.79 Å². The Bertz CT molecular complexity index is 193. The molecule has 0 radical (unpaired) electrons. The lowest BCUT2D eigenvalue weighted by Gasteiger charge is -2.13. The van der Waals surface area contributed by atoms with Crippen LogP contribution in [0.5, 0.6) is 0 Å². The van der Waals surface area contributed by atoms with Crippen LogP contribution >= 0.6 is 0 Å². The highest BCUT2D eigenvalue weighted by molar-refractivity contribution is 5.79. The third-order valence-electron chi connectivity index (χ3n) is 2.80. The number of hydrogen-bond donors (Lipinski definition) is 0. The number of carbonyl (C=O) groups is 1. The Hall–Kier alpha value is -0.590. The Labute approximate surface area is 61.1 Å². The average molecular weight is 136 g/mol. The zero-order valence-corrected chi connectivity index (χ0v) is 6.21. The van der Waals surface area contributed by atoms with Crippen LogP contribution in [0, 0.1) is 17.8 Å². The van der Waals surface area contributed by atoms with E-state index in [0.29, 0.717) is 17.6 Å². The Balaban J connectivity index is 2.16. The fraction of sp³-hybridized carbons (Fsp3) is 0.667. The molecule has 2 bridgehead atoms. The van der Waals surface area contributed by atoms with Crippen molar-refractivity contribution >= 4 is 5.78 Å². The summed E-state index contributed by atoms with van der Waals surface area (Å²) >= 11 is 0. The van der Waals surface area contributed by atoms with Crippen molar-refractivity contribution in [3.63, 3.8) is 0 Å². The molecule has 0 amide bonds. The van der Waals surface area contributed by atoms with Gasteiger partial charge in [-0.15, -0.1) is 0 Å². The van der Waals surface area contributed by atoms with Crippen LogP contribution in [0.3, 0.4) is 0 Å². The molecule has 1 fully saturated rings. The molecule has 0 heterocycles. The molecule has 0 aromatic carbocycles. The molecule has 1 saturated carbocycles. The maximum absolute atomic E-state index is 11.0. The molecule has 0 spiro atoms. The largest absolute Gasteiger partial charge is 0.300 e. The maximum atomic E-state index is 11.0. The summed E-state index contributed by atoms with van der Waals surface area (Å²) in [6, 6.07) is 0. The summed E-state index contributed by atoms with van der Waals surface area (Å²) < 4.78 is 0. The van der Waals surface area contributed by atoms with Crippen LogP contribution in [0.15, 0.2) is 12.2 Å². The van der Waals surface area contributed by atoms with Crippen molar-refractivity contribution in [2.24, 2.45) is 17.8 Å². The first-order chi connectivity index (χ1) is 4.77. The summed E-state index contributed by atoms with van der Waals surface area (Å²) in [4.78, 5) is 11.0. The summed E-state index contributed by atoms with van der Waals surface area (Å²) in [6.07, 6.45) is 6.85. The lowest BCUT2D eigenvalue weighted by Crippen LogP contribution is -2.15. The van der Waals surface area contributed by atoms with Crippen LogP contribution < -0.4 is 0 Å². The molecular weight excluding hydrogens is 124 g/mol. The highest BCUT2D eigenvalue weighted by Crippen LogP contribution is 2.43. The van der Waals surface area contributed by atoms with E-state index in [9.17, 15) is 4.79 Å². The first-order valence-corrected chi connectivity index (χ1v) is 3.96. The SMILES string of the molecule is CC(=O)[C@@H]1C[C@H]2C=C[C@@H]1C2. The highest BCUT2D eigenvalue weighted by atomic mass is 16.1. The second kappa shape index (κ2) is 1.94. The van der Waals surface area contributed by atoms with Gasteiger partial charge in [0.1, 0.15) is 5.78 Å². The normalized spacial score (nSPS) is 42.7. The van der Waals surface area contributed by atoms with Crippen LogP contribution in [-0.2, 0) is 4.79 Å². The molecule has 1 nitrogen and oxygen atoms in total. The molecule has 0 saturated heterocycles. The summed E-state index contributed by atoms with van der Waals surface area (Å²) in [5.41, 5.74) is 0. The van der Waals surface area contributed by atoms with Crippen molar-refractivity contribution in [3.8, 4) is 0 Å². The minimum Gasteiger partial charge on any atom is -0.300 e. The molecule has 0 N–H and O–H groups in total. The topological polar surface area (TPSA) is 17.1 Å². The molecule has 0 aliphatic heterocycles. The number of carbonyl (C=O) groups excluding carboxylic acids is 1. The fourth-order valence-corrected chi connectivity index (χ4v) is 2.25. The molecule has 10 heavy (non-hydrogen) atoms. The van der Waals surface area contributed by atoms with Gasteiger partial charge in [0, 0.05) is 5.92 Å². The zero-order valence-electron chi connectivity index (χ0n) is 6.21. The Morgan fingerprint density at radius 3 is 2.50 bits per heavy atom. The summed E-state index contributed by atoms with van der Waals surface area (Å²) in [7, 11) is 0. The standard InChI is InChI=1S/C9H12O/c1-6(10)9-5-7-2-3-8(9)4-7/h2-3,7-9H,4-5H2,1H3/t7-,8+,9-/m0/s1. The van der Waals surface area contributed by atoms with Crippen molar-refractivity contribution in [1.82, 2.24) is 0 Å². The third kappa shape index (κ3) is 0.731. The summed E-state index contributed by atoms with van der Waals surface area (Å²) in [6.45, 7) is 1.72. The van der Waals surface area contributed by atoms with E-state index in [-0.39, 0.29) is 0 Å². The van der Waals surface area contributed by atoms with Crippen molar-refractivity contribution < 1.29 is 4.79 Å². The van der Waals surface area contributed by atoms with E-state index in [1.54, 1.807) is 6.92 Å². The molecule has 0 aromatic heterocycles. The lowest BCUT2D eigenvalue weighted by molar-refractivity contribution is -0.121. The zero-order chi connectivity index (χ0) is 7.14. The van der Waals surface area contributed by atoms with Crippen LogP contribution in [0.2, 0.25) is 0 Å². The number of hydrogen-bond acceptors (Lipinski definition) is 1. The number of rotatable bonds is 1. The van der Waals surface area contributed by atoms with E-state index in [1.165, 1.54) is 6.42 Å². The molecule has 54 valence electrons. The van der Waals surface area contributed by atoms with Crippen molar-refractivity contribution in [2.45, 2.75) is 19.8 Å². The smallest absolute Gasteiger partial charge is 0.133 e. The maximum Gasteiger partial charge on any atom is 0.133 e. The lowest BCUT2D eigenvalue weighted by atomic mass is 9.90. The van der Waals surface area contributed by atoms with E-state index in [0.717, 1.165) is 12.3 Å². The van der Waals surface area contributed by atoms with E-state index in [4.69, 9.17) is 0 Å². The molecule has 3 atom stereocenters. The molecule has 2 aliphatic rings. The number of fused-ring (bicyclic) bond motifs is 2. The second-order valence-corrected chi connectivity index (χ2v) is 3.50. The van der Waals surface area contributed by atoms with E-state index in [1.807, 2.05) is 0 Å². The van der Waals surface area contributed by atoms with E-state index >= 15 is 0 Å². The van der Waals surface area contributed by atoms with Gasteiger partial charge in [-0.2, -0.15) is 0 Å². The highest BCUT2D eigenvalue weighted by Gasteiger charge is 2.37. The minimum absolute atomic E-state index is 0.370. The van der Waals surface area contributed by atoms with Crippen molar-refractivity contribution in [2.75, 3.05) is 0 Å². The van der Waals surface area contributed by atoms with Gasteiger partial charge in [0.15, 0.2) is 0 Å². The van der Waals surface area contributed by atoms with Gasteiger partial charge in [-0.25, -0.2) is 0 Å². The molecule has 1 heteroatoms. The van der Waals surface area contributed by atoms with Gasteiger partial charge in [0.25, 0.3) is 0 Å². The number of ketones is 1. The van der Waals surface area contributed by atoms with Gasteiger partial charge >= 0.3 is 0 Å². The van der Waals surface area contributed by atoms with Crippen LogP contribution in [-0.4, -0.2) is 5.78 Å². The first-order valence-electron chi connectivity index (χ1n) is 3.96. The average Bonchev–Trinajstić information content (AvgIpc) is 2.44. The molecule has 0 unspecified atom stereocenters. The molecule has 0 aromatic rings. The number of Topliss-reactive ketones (excluding diaryl/α,β-unsaturated/α-hetero) is 1. The van der Waals surface area contributed by atoms with Crippen LogP contribution in [0.25, 0.3) is 0 Å². The second-order valence-electron chi connectivity index (χ2n) is 3.50. The molecule has 2 aliphatic carbocycles. The predicted molar refractivity (Wildman–Crippen MR) is 39.5 cm³/mol.